The van der Waals surface area contributed by atoms with Gasteiger partial charge in [-0.2, -0.15) is 24.5 Å². The van der Waals surface area contributed by atoms with Crippen molar-refractivity contribution >= 4 is 28.8 Å². The Morgan fingerprint density at radius 1 is 1.20 bits per heavy atom. The molecule has 25 heavy (non-hydrogen) atoms. The van der Waals surface area contributed by atoms with Crippen molar-refractivity contribution in [2.45, 2.75) is 19.1 Å². The molecule has 0 aliphatic carbocycles. The second kappa shape index (κ2) is 8.13. The van der Waals surface area contributed by atoms with Crippen molar-refractivity contribution in [3.05, 3.63) is 51.7 Å². The van der Waals surface area contributed by atoms with Gasteiger partial charge in [0, 0.05) is 36.1 Å². The molecular weight excluding hydrogens is 355 g/mol. The average molecular weight is 371 g/mol. The van der Waals surface area contributed by atoms with Crippen molar-refractivity contribution in [2.24, 2.45) is 5.73 Å². The predicted octanol–water partition coefficient (Wildman–Crippen LogP) is 2.98. The lowest BCUT2D eigenvalue weighted by Gasteiger charge is -2.12. The van der Waals surface area contributed by atoms with E-state index in [1.54, 1.807) is 16.8 Å². The Hall–Kier alpha value is -2.39. The second-order valence-electron chi connectivity index (χ2n) is 5.19. The minimum absolute atomic E-state index is 0.0180. The Kier molecular flexibility index (Phi) is 6.16. The zero-order valence-corrected chi connectivity index (χ0v) is 13.8. The van der Waals surface area contributed by atoms with Gasteiger partial charge >= 0.3 is 6.18 Å². The number of thiophene rings is 1. The monoisotopic (exact) mass is 371 g/mol. The van der Waals surface area contributed by atoms with Crippen LogP contribution in [0.2, 0.25) is 0 Å². The molecule has 5 nitrogen and oxygen atoms in total. The molecule has 1 aromatic carbocycles. The zero-order chi connectivity index (χ0) is 18.4. The van der Waals surface area contributed by atoms with E-state index in [4.69, 9.17) is 5.73 Å². The number of nitrogens with two attached hydrogens (primary N) is 1. The molecular formula is C16H16F3N3O2S. The van der Waals surface area contributed by atoms with Crippen LogP contribution in [0.15, 0.2) is 35.0 Å². The minimum atomic E-state index is -4.53. The SMILES string of the molecule is NCc1cc(NC(=O)CCNC(=O)c2ccsc2)cc(C(F)(F)F)c1. The molecule has 2 aromatic rings. The van der Waals surface area contributed by atoms with Gasteiger partial charge < -0.3 is 16.4 Å². The number of rotatable bonds is 6. The lowest BCUT2D eigenvalue weighted by Crippen LogP contribution is -2.27. The summed E-state index contributed by atoms with van der Waals surface area (Å²) in [7, 11) is 0. The summed E-state index contributed by atoms with van der Waals surface area (Å²) in [5.41, 5.74) is 5.29. The van der Waals surface area contributed by atoms with E-state index in [2.05, 4.69) is 10.6 Å². The first-order chi connectivity index (χ1) is 11.8. The highest BCUT2D eigenvalue weighted by atomic mass is 32.1. The summed E-state index contributed by atoms with van der Waals surface area (Å²) in [4.78, 5) is 23.6. The van der Waals surface area contributed by atoms with E-state index in [1.807, 2.05) is 0 Å². The third-order valence-electron chi connectivity index (χ3n) is 3.26. The standard InChI is InChI=1S/C16H16F3N3O2S/c17-16(18,19)12-5-10(8-20)6-13(7-12)22-14(23)1-3-21-15(24)11-2-4-25-9-11/h2,4-7,9H,1,3,8,20H2,(H,21,24)(H,22,23). The highest BCUT2D eigenvalue weighted by Crippen LogP contribution is 2.32. The summed E-state index contributed by atoms with van der Waals surface area (Å²) in [5.74, 6) is -0.813. The van der Waals surface area contributed by atoms with Crippen molar-refractivity contribution < 1.29 is 22.8 Å². The lowest BCUT2D eigenvalue weighted by atomic mass is 10.1. The van der Waals surface area contributed by atoms with Crippen molar-refractivity contribution in [3.63, 3.8) is 0 Å². The molecule has 0 radical (unpaired) electrons. The Balaban J connectivity index is 1.92. The van der Waals surface area contributed by atoms with Gasteiger partial charge in [0.05, 0.1) is 5.56 Å². The molecule has 4 N–H and O–H groups in total. The van der Waals surface area contributed by atoms with Crippen LogP contribution in [0.5, 0.6) is 0 Å². The number of carbonyl (C=O) groups is 2. The molecule has 0 saturated heterocycles. The molecule has 9 heteroatoms. The summed E-state index contributed by atoms with van der Waals surface area (Å²) in [6.07, 6.45) is -4.59. The van der Waals surface area contributed by atoms with Gasteiger partial charge in [0.1, 0.15) is 0 Å². The summed E-state index contributed by atoms with van der Waals surface area (Å²) in [5, 5.41) is 8.39. The highest BCUT2D eigenvalue weighted by Gasteiger charge is 2.31. The molecule has 1 heterocycles. The van der Waals surface area contributed by atoms with Gasteiger partial charge in [-0.3, -0.25) is 9.59 Å². The van der Waals surface area contributed by atoms with Crippen LogP contribution in [0.25, 0.3) is 0 Å². The van der Waals surface area contributed by atoms with E-state index in [0.29, 0.717) is 5.56 Å². The zero-order valence-electron chi connectivity index (χ0n) is 13.0. The Morgan fingerprint density at radius 3 is 2.56 bits per heavy atom. The van der Waals surface area contributed by atoms with Crippen molar-refractivity contribution in [1.29, 1.82) is 0 Å². The topological polar surface area (TPSA) is 84.2 Å². The summed E-state index contributed by atoms with van der Waals surface area (Å²) >= 11 is 1.37. The van der Waals surface area contributed by atoms with Crippen LogP contribution in [0.3, 0.4) is 0 Å². The number of anilines is 1. The average Bonchev–Trinajstić information content (AvgIpc) is 3.08. The number of hydrogen-bond acceptors (Lipinski definition) is 4. The molecule has 0 spiro atoms. The van der Waals surface area contributed by atoms with Gasteiger partial charge in [0.15, 0.2) is 0 Å². The van der Waals surface area contributed by atoms with Crippen LogP contribution in [0.4, 0.5) is 18.9 Å². The maximum atomic E-state index is 12.8. The Labute approximate surface area is 146 Å². The lowest BCUT2D eigenvalue weighted by molar-refractivity contribution is -0.137. The van der Waals surface area contributed by atoms with E-state index >= 15 is 0 Å². The highest BCUT2D eigenvalue weighted by molar-refractivity contribution is 7.08. The van der Waals surface area contributed by atoms with Crippen LogP contribution in [0, 0.1) is 0 Å². The molecule has 0 fully saturated rings. The molecule has 0 bridgehead atoms. The first kappa shape index (κ1) is 18.9. The van der Waals surface area contributed by atoms with E-state index in [0.717, 1.165) is 12.1 Å². The van der Waals surface area contributed by atoms with Gasteiger partial charge in [0.25, 0.3) is 5.91 Å². The number of benzene rings is 1. The van der Waals surface area contributed by atoms with Crippen LogP contribution >= 0.6 is 11.3 Å². The predicted molar refractivity (Wildman–Crippen MR) is 89.2 cm³/mol. The number of hydrogen-bond donors (Lipinski definition) is 3. The molecule has 0 saturated carbocycles. The number of nitrogens with one attached hydrogen (secondary N) is 2. The van der Waals surface area contributed by atoms with Crippen molar-refractivity contribution in [1.82, 2.24) is 5.32 Å². The first-order valence-corrected chi connectivity index (χ1v) is 8.25. The van der Waals surface area contributed by atoms with Gasteiger partial charge in [-0.15, -0.1) is 0 Å². The maximum absolute atomic E-state index is 12.8. The fraction of sp³-hybridized carbons (Fsp3) is 0.250. The quantitative estimate of drug-likeness (QED) is 0.730. The minimum Gasteiger partial charge on any atom is -0.351 e. The van der Waals surface area contributed by atoms with E-state index in [9.17, 15) is 22.8 Å². The summed E-state index contributed by atoms with van der Waals surface area (Å²) < 4.78 is 38.5. The third kappa shape index (κ3) is 5.57. The van der Waals surface area contributed by atoms with Crippen LogP contribution in [0.1, 0.15) is 27.9 Å². The first-order valence-electron chi connectivity index (χ1n) is 7.31. The normalized spacial score (nSPS) is 11.2. The molecule has 1 aromatic heterocycles. The van der Waals surface area contributed by atoms with Crippen molar-refractivity contribution in [3.8, 4) is 0 Å². The summed E-state index contributed by atoms with van der Waals surface area (Å²) in [6, 6.07) is 4.83. The second-order valence-corrected chi connectivity index (χ2v) is 5.97. The van der Waals surface area contributed by atoms with Crippen LogP contribution < -0.4 is 16.4 Å². The third-order valence-corrected chi connectivity index (χ3v) is 3.94. The van der Waals surface area contributed by atoms with Gasteiger partial charge in [-0.25, -0.2) is 0 Å². The Bertz CT molecular complexity index is 746. The van der Waals surface area contributed by atoms with E-state index in [1.165, 1.54) is 17.4 Å². The van der Waals surface area contributed by atoms with Gasteiger partial charge in [-0.05, 0) is 35.2 Å². The molecule has 0 aliphatic rings. The number of carbonyl (C=O) groups excluding carboxylic acids is 2. The van der Waals surface area contributed by atoms with Crippen molar-refractivity contribution in [2.75, 3.05) is 11.9 Å². The number of alkyl halides is 3. The van der Waals surface area contributed by atoms with Crippen LogP contribution in [-0.4, -0.2) is 18.4 Å². The maximum Gasteiger partial charge on any atom is 0.416 e. The Morgan fingerprint density at radius 2 is 1.96 bits per heavy atom. The van der Waals surface area contributed by atoms with Gasteiger partial charge in [-0.1, -0.05) is 0 Å². The molecule has 0 unspecified atom stereocenters. The molecule has 0 atom stereocenters. The van der Waals surface area contributed by atoms with E-state index in [-0.39, 0.29) is 36.7 Å². The summed E-state index contributed by atoms with van der Waals surface area (Å²) in [6.45, 7) is -0.00723. The van der Waals surface area contributed by atoms with Crippen LogP contribution in [-0.2, 0) is 17.5 Å². The smallest absolute Gasteiger partial charge is 0.351 e. The van der Waals surface area contributed by atoms with E-state index < -0.39 is 17.6 Å². The molecule has 0 aliphatic heterocycles. The number of amides is 2. The molecule has 2 amide bonds. The molecule has 2 rings (SSSR count). The fourth-order valence-corrected chi connectivity index (χ4v) is 2.69. The molecule has 134 valence electrons. The largest absolute Gasteiger partial charge is 0.416 e. The fourth-order valence-electron chi connectivity index (χ4n) is 2.05. The van der Waals surface area contributed by atoms with Gasteiger partial charge in [0.2, 0.25) is 5.91 Å². The number of halogens is 3.